The average Bonchev–Trinajstić information content (AvgIpc) is 2.82. The highest BCUT2D eigenvalue weighted by Crippen LogP contribution is 2.28. The Bertz CT molecular complexity index is 730. The van der Waals surface area contributed by atoms with Crippen molar-refractivity contribution in [2.24, 2.45) is 0 Å². The van der Waals surface area contributed by atoms with E-state index in [-0.39, 0.29) is 17.4 Å². The first-order valence-corrected chi connectivity index (χ1v) is 12.5. The minimum absolute atomic E-state index is 0.0893. The van der Waals surface area contributed by atoms with Crippen molar-refractivity contribution in [3.8, 4) is 0 Å². The Morgan fingerprint density at radius 1 is 1.43 bits per heavy atom. The predicted octanol–water partition coefficient (Wildman–Crippen LogP) is 3.82. The summed E-state index contributed by atoms with van der Waals surface area (Å²) in [4.78, 5) is 19.9. The lowest BCUT2D eigenvalue weighted by molar-refractivity contribution is 0.0696. The van der Waals surface area contributed by atoms with Gasteiger partial charge in [0.05, 0.1) is 10.9 Å². The lowest BCUT2D eigenvalue weighted by Crippen LogP contribution is -2.22. The van der Waals surface area contributed by atoms with Gasteiger partial charge in [0.2, 0.25) is 0 Å². The Kier molecular flexibility index (Phi) is 5.72. The van der Waals surface area contributed by atoms with Crippen LogP contribution >= 0.6 is 23.4 Å². The van der Waals surface area contributed by atoms with Gasteiger partial charge in [0.25, 0.3) is 0 Å². The number of ether oxygens (including phenoxy) is 1. The number of hydrogen-bond donors (Lipinski definition) is 1. The highest BCUT2D eigenvalue weighted by atomic mass is 35.5. The van der Waals surface area contributed by atoms with Gasteiger partial charge >= 0.3 is 5.97 Å². The summed E-state index contributed by atoms with van der Waals surface area (Å²) in [5, 5.41) is 10.4. The van der Waals surface area contributed by atoms with E-state index in [0.29, 0.717) is 22.8 Å². The molecule has 0 atom stereocenters. The van der Waals surface area contributed by atoms with Crippen LogP contribution in [0.3, 0.4) is 0 Å². The number of aromatic carboxylic acids is 1. The third kappa shape index (κ3) is 4.47. The van der Waals surface area contributed by atoms with Crippen molar-refractivity contribution in [3.63, 3.8) is 0 Å². The van der Waals surface area contributed by atoms with Gasteiger partial charge in [-0.25, -0.2) is 14.8 Å². The van der Waals surface area contributed by atoms with E-state index in [2.05, 4.69) is 29.6 Å². The minimum Gasteiger partial charge on any atom is -0.478 e. The number of halogens is 1. The molecule has 0 amide bonds. The summed E-state index contributed by atoms with van der Waals surface area (Å²) in [6, 6.07) is 1.05. The maximum atomic E-state index is 11.4. The Labute approximate surface area is 145 Å². The molecule has 0 radical (unpaired) electrons. The maximum Gasteiger partial charge on any atom is 0.338 e. The van der Waals surface area contributed by atoms with Gasteiger partial charge in [-0.05, 0) is 12.3 Å². The van der Waals surface area contributed by atoms with Gasteiger partial charge < -0.3 is 14.4 Å². The van der Waals surface area contributed by atoms with E-state index in [1.54, 1.807) is 4.57 Å². The number of hydrogen-bond acceptors (Lipinski definition) is 5. The number of carbonyl (C=O) groups is 1. The van der Waals surface area contributed by atoms with Crippen molar-refractivity contribution in [1.29, 1.82) is 0 Å². The molecular weight excluding hydrogens is 354 g/mol. The highest BCUT2D eigenvalue weighted by molar-refractivity contribution is 7.98. The standard InChI is InChI=1S/C14H20ClN3O3SSi/c1-22-14-16-11(15)10-9(13(19)20)7-18(12(10)17-14)8-21-5-6-23(2,3)4/h7H,5-6,8H2,1-4H3,(H,19,20). The topological polar surface area (TPSA) is 77.2 Å². The van der Waals surface area contributed by atoms with Crippen LogP contribution in [0.2, 0.25) is 30.8 Å². The second-order valence-corrected chi connectivity index (χ2v) is 13.1. The first-order valence-electron chi connectivity index (χ1n) is 7.14. The molecular formula is C14H20ClN3O3SSi. The second-order valence-electron chi connectivity index (χ2n) is 6.37. The van der Waals surface area contributed by atoms with Crippen molar-refractivity contribution in [2.75, 3.05) is 12.9 Å². The normalized spacial score (nSPS) is 12.0. The molecule has 2 rings (SSSR count). The zero-order valence-electron chi connectivity index (χ0n) is 13.6. The zero-order valence-corrected chi connectivity index (χ0v) is 16.2. The Balaban J connectivity index is 2.32. The molecule has 0 aromatic carbocycles. The van der Waals surface area contributed by atoms with E-state index in [1.807, 2.05) is 6.26 Å². The van der Waals surface area contributed by atoms with Crippen LogP contribution < -0.4 is 0 Å². The molecule has 2 aromatic heterocycles. The molecule has 0 aliphatic rings. The molecule has 1 N–H and O–H groups in total. The molecule has 6 nitrogen and oxygen atoms in total. The number of aromatic nitrogens is 3. The molecule has 9 heteroatoms. The monoisotopic (exact) mass is 373 g/mol. The molecule has 0 saturated carbocycles. The first-order chi connectivity index (χ1) is 10.7. The summed E-state index contributed by atoms with van der Waals surface area (Å²) in [6.07, 6.45) is 3.35. The summed E-state index contributed by atoms with van der Waals surface area (Å²) in [5.74, 6) is -1.06. The van der Waals surface area contributed by atoms with Crippen LogP contribution in [0.15, 0.2) is 11.4 Å². The number of nitrogens with zero attached hydrogens (tertiary/aromatic N) is 3. The quantitative estimate of drug-likeness (QED) is 0.261. The van der Waals surface area contributed by atoms with E-state index in [1.165, 1.54) is 18.0 Å². The van der Waals surface area contributed by atoms with Gasteiger partial charge in [-0.1, -0.05) is 43.0 Å². The predicted molar refractivity (Wildman–Crippen MR) is 95.4 cm³/mol. The third-order valence-electron chi connectivity index (χ3n) is 3.29. The van der Waals surface area contributed by atoms with Gasteiger partial charge in [-0.15, -0.1) is 0 Å². The second kappa shape index (κ2) is 7.21. The first kappa shape index (κ1) is 18.2. The van der Waals surface area contributed by atoms with E-state index < -0.39 is 14.0 Å². The van der Waals surface area contributed by atoms with Crippen LogP contribution in [0, 0.1) is 0 Å². The SMILES string of the molecule is CSc1nc(Cl)c2c(C(=O)O)cn(COCC[Si](C)(C)C)c2n1. The lowest BCUT2D eigenvalue weighted by atomic mass is 10.2. The van der Waals surface area contributed by atoms with Crippen molar-refractivity contribution in [2.45, 2.75) is 37.6 Å². The molecule has 23 heavy (non-hydrogen) atoms. The number of rotatable bonds is 7. The Morgan fingerprint density at radius 3 is 2.70 bits per heavy atom. The molecule has 0 saturated heterocycles. The summed E-state index contributed by atoms with van der Waals surface area (Å²) < 4.78 is 7.38. The Morgan fingerprint density at radius 2 is 2.13 bits per heavy atom. The maximum absolute atomic E-state index is 11.4. The largest absolute Gasteiger partial charge is 0.478 e. The fraction of sp³-hybridized carbons (Fsp3) is 0.500. The number of carboxylic acid groups (broad SMARTS) is 1. The van der Waals surface area contributed by atoms with Crippen molar-refractivity contribution >= 4 is 48.4 Å². The molecule has 2 aromatic rings. The summed E-state index contributed by atoms with van der Waals surface area (Å²) >= 11 is 7.50. The molecule has 0 aliphatic heterocycles. The highest BCUT2D eigenvalue weighted by Gasteiger charge is 2.20. The lowest BCUT2D eigenvalue weighted by Gasteiger charge is -2.15. The van der Waals surface area contributed by atoms with Gasteiger partial charge in [0, 0.05) is 20.9 Å². The van der Waals surface area contributed by atoms with Gasteiger partial charge in [0.1, 0.15) is 17.5 Å². The smallest absolute Gasteiger partial charge is 0.338 e. The van der Waals surface area contributed by atoms with Crippen molar-refractivity contribution in [1.82, 2.24) is 14.5 Å². The third-order valence-corrected chi connectivity index (χ3v) is 5.82. The van der Waals surface area contributed by atoms with E-state index in [4.69, 9.17) is 16.3 Å². The van der Waals surface area contributed by atoms with Gasteiger partial charge in [-0.3, -0.25) is 0 Å². The number of thioether (sulfide) groups is 1. The fourth-order valence-corrected chi connectivity index (χ4v) is 3.45. The molecule has 0 spiro atoms. The molecule has 0 bridgehead atoms. The summed E-state index contributed by atoms with van der Waals surface area (Å²) in [6.45, 7) is 7.73. The van der Waals surface area contributed by atoms with E-state index in [0.717, 1.165) is 6.04 Å². The van der Waals surface area contributed by atoms with E-state index >= 15 is 0 Å². The molecule has 0 unspecified atom stereocenters. The average molecular weight is 374 g/mol. The molecule has 0 fully saturated rings. The van der Waals surface area contributed by atoms with E-state index in [9.17, 15) is 9.90 Å². The van der Waals surface area contributed by atoms with Crippen LogP contribution in [0.25, 0.3) is 11.0 Å². The minimum atomic E-state index is -1.16. The fourth-order valence-electron chi connectivity index (χ4n) is 2.02. The van der Waals surface area contributed by atoms with Crippen molar-refractivity contribution < 1.29 is 14.6 Å². The number of fused-ring (bicyclic) bond motifs is 1. The zero-order chi connectivity index (χ0) is 17.2. The van der Waals surface area contributed by atoms with Gasteiger partial charge in [0.15, 0.2) is 5.16 Å². The molecule has 126 valence electrons. The van der Waals surface area contributed by atoms with Gasteiger partial charge in [-0.2, -0.15) is 0 Å². The van der Waals surface area contributed by atoms with Crippen LogP contribution in [0.4, 0.5) is 0 Å². The van der Waals surface area contributed by atoms with Crippen LogP contribution in [0.5, 0.6) is 0 Å². The number of carboxylic acids is 1. The Hall–Kier alpha value is -1.09. The molecule has 2 heterocycles. The van der Waals surface area contributed by atoms with Crippen LogP contribution in [-0.4, -0.2) is 46.5 Å². The summed E-state index contributed by atoms with van der Waals surface area (Å²) in [7, 11) is -1.16. The molecule has 0 aliphatic carbocycles. The van der Waals surface area contributed by atoms with Crippen LogP contribution in [0.1, 0.15) is 10.4 Å². The summed E-state index contributed by atoms with van der Waals surface area (Å²) in [5.41, 5.74) is 0.575. The van der Waals surface area contributed by atoms with Crippen LogP contribution in [-0.2, 0) is 11.5 Å². The van der Waals surface area contributed by atoms with Crippen molar-refractivity contribution in [3.05, 3.63) is 16.9 Å².